The minimum absolute atomic E-state index is 0.0476. The summed E-state index contributed by atoms with van der Waals surface area (Å²) < 4.78 is 11.3. The maximum absolute atomic E-state index is 13.3. The van der Waals surface area contributed by atoms with Gasteiger partial charge in [-0.05, 0) is 82.2 Å². The number of H-pyrrole nitrogens is 2. The lowest BCUT2D eigenvalue weighted by atomic mass is 10.0. The standard InChI is InChI=1S/C32H38N6O5/c1-18-5-6-27(19(2)29(18)42-4)43-17-22(39)15-34-24-7-10-33-31(40)28(24)30-35-25-13-20-16-38(21-8-11-37(3)12-9-21)32(41)23(20)14-26(25)36-30/h5-7,10,13-14,21-22,39H,8-9,11-12,15-17H2,1-4H3,(H,35,36)(H2,33,34,40)/t22-/m1/s1. The molecule has 1 saturated heterocycles. The first-order valence-electron chi connectivity index (χ1n) is 14.7. The van der Waals surface area contributed by atoms with E-state index in [1.54, 1.807) is 19.4 Å². The van der Waals surface area contributed by atoms with Crippen LogP contribution in [0.15, 0.2) is 41.3 Å². The fourth-order valence-corrected chi connectivity index (χ4v) is 6.17. The highest BCUT2D eigenvalue weighted by molar-refractivity contribution is 6.02. The summed E-state index contributed by atoms with van der Waals surface area (Å²) in [5, 5.41) is 13.8. The van der Waals surface area contributed by atoms with Gasteiger partial charge in [0.2, 0.25) is 0 Å². The molecule has 4 N–H and O–H groups in total. The fourth-order valence-electron chi connectivity index (χ4n) is 6.17. The molecular weight excluding hydrogens is 548 g/mol. The number of piperidine rings is 1. The van der Waals surface area contributed by atoms with E-state index in [0.717, 1.165) is 53.9 Å². The van der Waals surface area contributed by atoms with E-state index in [0.29, 0.717) is 40.4 Å². The molecule has 0 saturated carbocycles. The van der Waals surface area contributed by atoms with Crippen LogP contribution >= 0.6 is 0 Å². The van der Waals surface area contributed by atoms with Crippen LogP contribution in [0.2, 0.25) is 0 Å². The summed E-state index contributed by atoms with van der Waals surface area (Å²) in [6.45, 7) is 6.64. The van der Waals surface area contributed by atoms with Crippen LogP contribution in [0.1, 0.15) is 39.9 Å². The molecule has 2 aliphatic rings. The smallest absolute Gasteiger partial charge is 0.261 e. The van der Waals surface area contributed by atoms with Gasteiger partial charge in [-0.1, -0.05) is 6.07 Å². The van der Waals surface area contributed by atoms with Gasteiger partial charge in [-0.2, -0.15) is 0 Å². The predicted molar refractivity (Wildman–Crippen MR) is 165 cm³/mol. The molecule has 2 aliphatic heterocycles. The minimum Gasteiger partial charge on any atom is -0.496 e. The average Bonchev–Trinajstić information content (AvgIpc) is 3.54. The van der Waals surface area contributed by atoms with Gasteiger partial charge in [0.1, 0.15) is 35.6 Å². The van der Waals surface area contributed by atoms with Crippen LogP contribution < -0.4 is 20.3 Å². The van der Waals surface area contributed by atoms with Crippen LogP contribution in [0.4, 0.5) is 5.69 Å². The molecule has 11 heteroatoms. The number of anilines is 1. The summed E-state index contributed by atoms with van der Waals surface area (Å²) in [6, 6.07) is 9.56. The number of hydrogen-bond acceptors (Lipinski definition) is 8. The molecule has 11 nitrogen and oxygen atoms in total. The Balaban J connectivity index is 1.17. The van der Waals surface area contributed by atoms with E-state index in [-0.39, 0.29) is 30.7 Å². The molecule has 2 aromatic heterocycles. The van der Waals surface area contributed by atoms with Crippen molar-refractivity contribution >= 4 is 22.6 Å². The molecule has 0 radical (unpaired) electrons. The number of pyridine rings is 1. The van der Waals surface area contributed by atoms with E-state index >= 15 is 0 Å². The Bertz CT molecular complexity index is 1720. The highest BCUT2D eigenvalue weighted by atomic mass is 16.5. The number of fused-ring (bicyclic) bond motifs is 2. The van der Waals surface area contributed by atoms with E-state index < -0.39 is 6.10 Å². The lowest BCUT2D eigenvalue weighted by Gasteiger charge is -2.34. The van der Waals surface area contributed by atoms with E-state index in [4.69, 9.17) is 14.5 Å². The van der Waals surface area contributed by atoms with Crippen molar-refractivity contribution in [2.24, 2.45) is 0 Å². The average molecular weight is 587 g/mol. The maximum atomic E-state index is 13.3. The zero-order valence-corrected chi connectivity index (χ0v) is 25.0. The number of nitrogens with zero attached hydrogens (tertiary/aromatic N) is 3. The third-order valence-corrected chi connectivity index (χ3v) is 8.58. The quantitative estimate of drug-likeness (QED) is 0.234. The van der Waals surface area contributed by atoms with Crippen molar-refractivity contribution in [1.82, 2.24) is 24.8 Å². The molecule has 1 fully saturated rings. The van der Waals surface area contributed by atoms with Gasteiger partial charge in [0.25, 0.3) is 11.5 Å². The van der Waals surface area contributed by atoms with Gasteiger partial charge >= 0.3 is 0 Å². The Morgan fingerprint density at radius 1 is 1.16 bits per heavy atom. The van der Waals surface area contributed by atoms with Gasteiger partial charge in [-0.3, -0.25) is 9.59 Å². The van der Waals surface area contributed by atoms with Gasteiger partial charge in [0, 0.05) is 36.5 Å². The van der Waals surface area contributed by atoms with Crippen molar-refractivity contribution in [3.8, 4) is 22.9 Å². The number of methoxy groups -OCH3 is 1. The van der Waals surface area contributed by atoms with Crippen LogP contribution in [-0.4, -0.2) is 88.3 Å². The molecular formula is C32H38N6O5. The molecule has 0 aliphatic carbocycles. The first kappa shape index (κ1) is 28.8. The van der Waals surface area contributed by atoms with Gasteiger partial charge in [0.15, 0.2) is 0 Å². The van der Waals surface area contributed by atoms with Gasteiger partial charge in [-0.15, -0.1) is 0 Å². The van der Waals surface area contributed by atoms with E-state index in [2.05, 4.69) is 27.2 Å². The van der Waals surface area contributed by atoms with E-state index in [1.165, 1.54) is 0 Å². The van der Waals surface area contributed by atoms with Crippen LogP contribution in [-0.2, 0) is 6.54 Å². The van der Waals surface area contributed by atoms with Gasteiger partial charge < -0.3 is 39.7 Å². The second-order valence-electron chi connectivity index (χ2n) is 11.6. The minimum atomic E-state index is -0.851. The summed E-state index contributed by atoms with van der Waals surface area (Å²) in [5.74, 6) is 1.83. The monoisotopic (exact) mass is 586 g/mol. The molecule has 4 heterocycles. The number of rotatable bonds is 9. The lowest BCUT2D eigenvalue weighted by Crippen LogP contribution is -2.43. The number of benzene rings is 2. The number of imidazole rings is 1. The largest absolute Gasteiger partial charge is 0.496 e. The number of carbonyl (C=O) groups is 1. The maximum Gasteiger partial charge on any atom is 0.261 e. The molecule has 1 amide bonds. The van der Waals surface area contributed by atoms with Crippen molar-refractivity contribution in [3.63, 3.8) is 0 Å². The van der Waals surface area contributed by atoms with Crippen molar-refractivity contribution in [2.75, 3.05) is 45.7 Å². The van der Waals surface area contributed by atoms with Crippen molar-refractivity contribution in [3.05, 3.63) is 69.1 Å². The van der Waals surface area contributed by atoms with Crippen molar-refractivity contribution in [1.29, 1.82) is 0 Å². The second-order valence-corrected chi connectivity index (χ2v) is 11.6. The number of hydrogen-bond donors (Lipinski definition) is 4. The number of amides is 1. The van der Waals surface area contributed by atoms with Crippen LogP contribution in [0.25, 0.3) is 22.4 Å². The Morgan fingerprint density at radius 3 is 2.72 bits per heavy atom. The van der Waals surface area contributed by atoms with Gasteiger partial charge in [-0.25, -0.2) is 4.98 Å². The zero-order chi connectivity index (χ0) is 30.2. The molecule has 226 valence electrons. The summed E-state index contributed by atoms with van der Waals surface area (Å²) in [4.78, 5) is 41.3. The van der Waals surface area contributed by atoms with Crippen LogP contribution in [0, 0.1) is 13.8 Å². The van der Waals surface area contributed by atoms with E-state index in [9.17, 15) is 14.7 Å². The SMILES string of the molecule is COc1c(C)ccc(OC[C@H](O)CNc2cc[nH]c(=O)c2-c2nc3cc4c(cc3[nH]2)CN(C2CCN(C)CC2)C4=O)c1C. The fraction of sp³-hybridized carbons (Fsp3) is 0.406. The van der Waals surface area contributed by atoms with Crippen LogP contribution in [0.3, 0.4) is 0 Å². The normalized spacial score (nSPS) is 16.5. The van der Waals surface area contributed by atoms with Crippen molar-refractivity contribution < 1.29 is 19.4 Å². The Hall–Kier alpha value is -4.35. The molecule has 2 aromatic carbocycles. The highest BCUT2D eigenvalue weighted by Gasteiger charge is 2.34. The molecule has 0 unspecified atom stereocenters. The summed E-state index contributed by atoms with van der Waals surface area (Å²) in [5.41, 5.74) is 5.43. The zero-order valence-electron chi connectivity index (χ0n) is 25.0. The number of ether oxygens (including phenoxy) is 2. The van der Waals surface area contributed by atoms with E-state index in [1.807, 2.05) is 43.0 Å². The summed E-state index contributed by atoms with van der Waals surface area (Å²) in [6.07, 6.45) is 2.65. The molecule has 0 bridgehead atoms. The third kappa shape index (κ3) is 5.57. The number of aryl methyl sites for hydroxylation is 1. The number of likely N-dealkylation sites (tertiary alicyclic amines) is 1. The number of aliphatic hydroxyl groups is 1. The number of nitrogens with one attached hydrogen (secondary N) is 3. The number of aliphatic hydroxyl groups excluding tert-OH is 1. The Labute approximate surface area is 249 Å². The molecule has 0 spiro atoms. The molecule has 43 heavy (non-hydrogen) atoms. The summed E-state index contributed by atoms with van der Waals surface area (Å²) >= 11 is 0. The first-order chi connectivity index (χ1) is 20.7. The number of aromatic amines is 2. The van der Waals surface area contributed by atoms with Crippen LogP contribution in [0.5, 0.6) is 11.5 Å². The number of aromatic nitrogens is 3. The topological polar surface area (TPSA) is 136 Å². The Morgan fingerprint density at radius 2 is 1.95 bits per heavy atom. The lowest BCUT2D eigenvalue weighted by molar-refractivity contribution is 0.0617. The Kier molecular flexibility index (Phi) is 7.85. The molecule has 6 rings (SSSR count). The van der Waals surface area contributed by atoms with Gasteiger partial charge in [0.05, 0.1) is 23.8 Å². The highest BCUT2D eigenvalue weighted by Crippen LogP contribution is 2.33. The predicted octanol–water partition coefficient (Wildman–Crippen LogP) is 3.45. The third-order valence-electron chi connectivity index (χ3n) is 8.58. The molecule has 1 atom stereocenters. The van der Waals surface area contributed by atoms with Crippen molar-refractivity contribution in [2.45, 2.75) is 45.4 Å². The number of carbonyl (C=O) groups excluding carboxylic acids is 1. The second kappa shape index (κ2) is 11.7. The summed E-state index contributed by atoms with van der Waals surface area (Å²) in [7, 11) is 3.74. The first-order valence-corrected chi connectivity index (χ1v) is 14.7. The molecule has 4 aromatic rings.